The van der Waals surface area contributed by atoms with E-state index in [1.54, 1.807) is 6.07 Å². The summed E-state index contributed by atoms with van der Waals surface area (Å²) in [6.07, 6.45) is 6.85. The normalized spacial score (nSPS) is 14.0. The molecule has 0 spiro atoms. The number of amides is 1. The zero-order valence-electron chi connectivity index (χ0n) is 12.3. The van der Waals surface area contributed by atoms with Gasteiger partial charge in [0.05, 0.1) is 5.56 Å². The molecule has 1 aromatic carbocycles. The number of nitrogens with zero attached hydrogens (tertiary/aromatic N) is 1. The van der Waals surface area contributed by atoms with Crippen LogP contribution in [0.3, 0.4) is 0 Å². The summed E-state index contributed by atoms with van der Waals surface area (Å²) in [5.41, 5.74) is 9.38. The van der Waals surface area contributed by atoms with E-state index >= 15 is 0 Å². The summed E-state index contributed by atoms with van der Waals surface area (Å²) in [5.74, 6) is -0.0559. The first-order valence-electron chi connectivity index (χ1n) is 7.11. The average Bonchev–Trinajstić information content (AvgIpc) is 2.91. The third kappa shape index (κ3) is 3.53. The van der Waals surface area contributed by atoms with Crippen molar-refractivity contribution in [2.75, 3.05) is 31.3 Å². The van der Waals surface area contributed by atoms with E-state index in [0.29, 0.717) is 17.8 Å². The molecule has 1 aromatic rings. The molecule has 1 amide bonds. The number of hydrogen-bond donors (Lipinski definition) is 2. The summed E-state index contributed by atoms with van der Waals surface area (Å²) < 4.78 is 0. The summed E-state index contributed by atoms with van der Waals surface area (Å²) >= 11 is 0. The average molecular weight is 273 g/mol. The van der Waals surface area contributed by atoms with Crippen molar-refractivity contribution >= 4 is 17.3 Å². The molecule has 0 fully saturated rings. The van der Waals surface area contributed by atoms with Crippen LogP contribution in [0.15, 0.2) is 29.8 Å². The van der Waals surface area contributed by atoms with Gasteiger partial charge in [0.2, 0.25) is 0 Å². The van der Waals surface area contributed by atoms with Crippen molar-refractivity contribution in [2.24, 2.45) is 0 Å². The molecule has 4 heteroatoms. The molecule has 108 valence electrons. The highest BCUT2D eigenvalue weighted by molar-refractivity contribution is 6.00. The molecule has 0 radical (unpaired) electrons. The first kappa shape index (κ1) is 14.4. The van der Waals surface area contributed by atoms with Crippen LogP contribution in [0, 0.1) is 0 Å². The summed E-state index contributed by atoms with van der Waals surface area (Å²) in [5, 5.41) is 2.99. The molecule has 2 rings (SSSR count). The molecule has 4 nitrogen and oxygen atoms in total. The van der Waals surface area contributed by atoms with Gasteiger partial charge in [-0.2, -0.15) is 0 Å². The van der Waals surface area contributed by atoms with Crippen molar-refractivity contribution in [3.8, 4) is 0 Å². The van der Waals surface area contributed by atoms with E-state index in [1.807, 2.05) is 31.1 Å². The highest BCUT2D eigenvalue weighted by Crippen LogP contribution is 2.22. The van der Waals surface area contributed by atoms with Crippen LogP contribution in [0.1, 0.15) is 36.0 Å². The zero-order valence-corrected chi connectivity index (χ0v) is 12.3. The third-order valence-electron chi connectivity index (χ3n) is 3.61. The van der Waals surface area contributed by atoms with Crippen LogP contribution in [0.25, 0.3) is 0 Å². The lowest BCUT2D eigenvalue weighted by Crippen LogP contribution is -2.27. The van der Waals surface area contributed by atoms with E-state index in [-0.39, 0.29) is 5.91 Å². The Bertz CT molecular complexity index is 520. The Morgan fingerprint density at radius 3 is 2.85 bits per heavy atom. The lowest BCUT2D eigenvalue weighted by molar-refractivity contribution is 0.0954. The minimum absolute atomic E-state index is 0.0559. The second-order valence-electron chi connectivity index (χ2n) is 5.43. The number of carbonyl (C=O) groups is 1. The van der Waals surface area contributed by atoms with Gasteiger partial charge in [0.15, 0.2) is 0 Å². The van der Waals surface area contributed by atoms with Crippen molar-refractivity contribution < 1.29 is 4.79 Å². The molecule has 0 heterocycles. The topological polar surface area (TPSA) is 58.4 Å². The monoisotopic (exact) mass is 273 g/mol. The summed E-state index contributed by atoms with van der Waals surface area (Å²) in [4.78, 5) is 14.2. The van der Waals surface area contributed by atoms with E-state index in [9.17, 15) is 4.79 Å². The molecule has 20 heavy (non-hydrogen) atoms. The SMILES string of the molecule is CN(C)c1ccc(N)cc1C(=O)NCCC1=CCCC1. The molecule has 0 unspecified atom stereocenters. The zero-order chi connectivity index (χ0) is 14.5. The first-order valence-corrected chi connectivity index (χ1v) is 7.11. The molecule has 1 aliphatic carbocycles. The van der Waals surface area contributed by atoms with E-state index < -0.39 is 0 Å². The molecule has 0 aromatic heterocycles. The third-order valence-corrected chi connectivity index (χ3v) is 3.61. The van der Waals surface area contributed by atoms with E-state index in [4.69, 9.17) is 5.73 Å². The van der Waals surface area contributed by atoms with Gasteiger partial charge in [-0.05, 0) is 43.9 Å². The highest BCUT2D eigenvalue weighted by Gasteiger charge is 2.13. The Morgan fingerprint density at radius 1 is 1.40 bits per heavy atom. The fraction of sp³-hybridized carbons (Fsp3) is 0.438. The number of nitrogens with two attached hydrogens (primary N) is 1. The maximum absolute atomic E-state index is 12.3. The van der Waals surface area contributed by atoms with Gasteiger partial charge >= 0.3 is 0 Å². The quantitative estimate of drug-likeness (QED) is 0.640. The van der Waals surface area contributed by atoms with Gasteiger partial charge in [0.1, 0.15) is 0 Å². The maximum Gasteiger partial charge on any atom is 0.253 e. The number of benzene rings is 1. The highest BCUT2D eigenvalue weighted by atomic mass is 16.1. The van der Waals surface area contributed by atoms with Crippen molar-refractivity contribution in [3.63, 3.8) is 0 Å². The van der Waals surface area contributed by atoms with Gasteiger partial charge in [0, 0.05) is 32.0 Å². The Morgan fingerprint density at radius 2 is 2.20 bits per heavy atom. The largest absolute Gasteiger partial charge is 0.399 e. The van der Waals surface area contributed by atoms with Crippen LogP contribution in [0.4, 0.5) is 11.4 Å². The van der Waals surface area contributed by atoms with Crippen LogP contribution < -0.4 is 16.0 Å². The second-order valence-corrected chi connectivity index (χ2v) is 5.43. The van der Waals surface area contributed by atoms with Crippen molar-refractivity contribution in [1.82, 2.24) is 5.32 Å². The molecule has 0 atom stereocenters. The Kier molecular flexibility index (Phi) is 4.66. The van der Waals surface area contributed by atoms with Crippen molar-refractivity contribution in [3.05, 3.63) is 35.4 Å². The van der Waals surface area contributed by atoms with Crippen LogP contribution in [-0.2, 0) is 0 Å². The Hall–Kier alpha value is -1.97. The summed E-state index contributed by atoms with van der Waals surface area (Å²) in [7, 11) is 3.84. The lowest BCUT2D eigenvalue weighted by Gasteiger charge is -2.17. The van der Waals surface area contributed by atoms with Crippen molar-refractivity contribution in [1.29, 1.82) is 0 Å². The van der Waals surface area contributed by atoms with E-state index in [1.165, 1.54) is 24.8 Å². The predicted molar refractivity (Wildman–Crippen MR) is 84.1 cm³/mol. The number of carbonyl (C=O) groups excluding carboxylic acids is 1. The Balaban J connectivity index is 1.99. The minimum atomic E-state index is -0.0559. The Labute approximate surface area is 120 Å². The number of hydrogen-bond acceptors (Lipinski definition) is 3. The number of rotatable bonds is 5. The first-order chi connectivity index (χ1) is 9.58. The molecule has 0 saturated carbocycles. The van der Waals surface area contributed by atoms with Gasteiger partial charge in [-0.3, -0.25) is 4.79 Å². The van der Waals surface area contributed by atoms with Crippen LogP contribution in [0.2, 0.25) is 0 Å². The molecular weight excluding hydrogens is 250 g/mol. The lowest BCUT2D eigenvalue weighted by atomic mass is 10.1. The number of allylic oxidation sites excluding steroid dienone is 1. The molecular formula is C16H23N3O. The van der Waals surface area contributed by atoms with Gasteiger partial charge in [0.25, 0.3) is 5.91 Å². The van der Waals surface area contributed by atoms with Gasteiger partial charge in [-0.25, -0.2) is 0 Å². The van der Waals surface area contributed by atoms with E-state index in [2.05, 4.69) is 11.4 Å². The fourth-order valence-corrected chi connectivity index (χ4v) is 2.52. The molecule has 0 aliphatic heterocycles. The number of anilines is 2. The van der Waals surface area contributed by atoms with Crippen molar-refractivity contribution in [2.45, 2.75) is 25.7 Å². The number of nitrogen functional groups attached to an aromatic ring is 1. The van der Waals surface area contributed by atoms with Gasteiger partial charge < -0.3 is 16.0 Å². The van der Waals surface area contributed by atoms with Gasteiger partial charge in [-0.1, -0.05) is 11.6 Å². The predicted octanol–water partition coefficient (Wildman–Crippen LogP) is 2.57. The molecule has 0 saturated heterocycles. The fourth-order valence-electron chi connectivity index (χ4n) is 2.52. The second kappa shape index (κ2) is 6.46. The summed E-state index contributed by atoms with van der Waals surface area (Å²) in [6, 6.07) is 5.43. The van der Waals surface area contributed by atoms with Gasteiger partial charge in [-0.15, -0.1) is 0 Å². The smallest absolute Gasteiger partial charge is 0.253 e. The molecule has 0 bridgehead atoms. The van der Waals surface area contributed by atoms with Crippen LogP contribution in [-0.4, -0.2) is 26.5 Å². The van der Waals surface area contributed by atoms with Crippen LogP contribution in [0.5, 0.6) is 0 Å². The maximum atomic E-state index is 12.3. The van der Waals surface area contributed by atoms with Crippen LogP contribution >= 0.6 is 0 Å². The standard InChI is InChI=1S/C16H23N3O/c1-19(2)15-8-7-13(17)11-14(15)16(20)18-10-9-12-5-3-4-6-12/h5,7-8,11H,3-4,6,9-10,17H2,1-2H3,(H,18,20). The minimum Gasteiger partial charge on any atom is -0.399 e. The molecule has 1 aliphatic rings. The molecule has 3 N–H and O–H groups in total. The number of nitrogens with one attached hydrogen (secondary N) is 1. The summed E-state index contributed by atoms with van der Waals surface area (Å²) in [6.45, 7) is 0.687. The van der Waals surface area contributed by atoms with E-state index in [0.717, 1.165) is 12.1 Å².